The second-order valence-corrected chi connectivity index (χ2v) is 3.51. The Morgan fingerprint density at radius 2 is 2.35 bits per heavy atom. The summed E-state index contributed by atoms with van der Waals surface area (Å²) in [6.45, 7) is 0.348. The lowest BCUT2D eigenvalue weighted by molar-refractivity contribution is -0.143. The van der Waals surface area contributed by atoms with Gasteiger partial charge >= 0.3 is 5.97 Å². The van der Waals surface area contributed by atoms with E-state index >= 15 is 0 Å². The Morgan fingerprint density at radius 1 is 1.53 bits per heavy atom. The molecule has 1 atom stereocenters. The molecule has 0 radical (unpaired) electrons. The number of carbonyl (C=O) groups is 1. The summed E-state index contributed by atoms with van der Waals surface area (Å²) in [5.74, 6) is 0.324. The zero-order valence-corrected chi connectivity index (χ0v) is 9.30. The van der Waals surface area contributed by atoms with Gasteiger partial charge in [0.15, 0.2) is 17.6 Å². The fourth-order valence-corrected chi connectivity index (χ4v) is 1.61. The van der Waals surface area contributed by atoms with Gasteiger partial charge in [0.1, 0.15) is 6.07 Å². The molecule has 0 spiro atoms. The van der Waals surface area contributed by atoms with Crippen molar-refractivity contribution in [2.75, 3.05) is 13.7 Å². The lowest BCUT2D eigenvalue weighted by Gasteiger charge is -2.14. The summed E-state index contributed by atoms with van der Waals surface area (Å²) in [5, 5.41) is 8.98. The number of benzene rings is 1. The normalized spacial score (nSPS) is 18.4. The Balaban J connectivity index is 2.30. The predicted molar refractivity (Wildman–Crippen MR) is 57.7 cm³/mol. The second-order valence-electron chi connectivity index (χ2n) is 3.51. The van der Waals surface area contributed by atoms with E-state index in [-0.39, 0.29) is 0 Å². The lowest BCUT2D eigenvalue weighted by atomic mass is 10.2. The molecule has 88 valence electrons. The van der Waals surface area contributed by atoms with Gasteiger partial charge in [-0.05, 0) is 12.1 Å². The fraction of sp³-hybridized carbons (Fsp3) is 0.333. The van der Waals surface area contributed by atoms with Crippen molar-refractivity contribution in [1.82, 2.24) is 0 Å². The third-order valence-electron chi connectivity index (χ3n) is 2.47. The Labute approximate surface area is 98.5 Å². The summed E-state index contributed by atoms with van der Waals surface area (Å²) in [6.07, 6.45) is -0.166. The average Bonchev–Trinajstić information content (AvgIpc) is 2.75. The van der Waals surface area contributed by atoms with Crippen LogP contribution in [0, 0.1) is 11.3 Å². The Bertz CT molecular complexity index is 478. The molecule has 2 rings (SSSR count). The largest absolute Gasteiger partial charge is 0.493 e. The average molecular weight is 233 g/mol. The van der Waals surface area contributed by atoms with Crippen LogP contribution in [0.25, 0.3) is 0 Å². The highest BCUT2D eigenvalue weighted by Gasteiger charge is 2.30. The zero-order chi connectivity index (χ0) is 12.3. The number of esters is 1. The molecule has 1 aromatic rings. The van der Waals surface area contributed by atoms with Crippen LogP contribution in [0.1, 0.15) is 12.0 Å². The highest BCUT2D eigenvalue weighted by Crippen LogP contribution is 2.32. The summed E-state index contributed by atoms with van der Waals surface area (Å²) in [7, 11) is 1.48. The number of nitrogens with zero attached hydrogens (tertiary/aromatic N) is 1. The lowest BCUT2D eigenvalue weighted by Crippen LogP contribution is -2.22. The van der Waals surface area contributed by atoms with Crippen LogP contribution < -0.4 is 9.47 Å². The number of rotatable bonds is 3. The van der Waals surface area contributed by atoms with Gasteiger partial charge in [-0.25, -0.2) is 4.79 Å². The van der Waals surface area contributed by atoms with Crippen LogP contribution in [0.15, 0.2) is 18.2 Å². The monoisotopic (exact) mass is 233 g/mol. The number of methoxy groups -OCH3 is 1. The molecule has 1 aliphatic rings. The molecular formula is C12H11NO4. The fourth-order valence-electron chi connectivity index (χ4n) is 1.61. The number of nitriles is 1. The number of para-hydroxylation sites is 1. The van der Waals surface area contributed by atoms with Crippen molar-refractivity contribution in [2.45, 2.75) is 12.5 Å². The number of hydrogen-bond donors (Lipinski definition) is 0. The van der Waals surface area contributed by atoms with Crippen molar-refractivity contribution in [3.05, 3.63) is 23.8 Å². The van der Waals surface area contributed by atoms with E-state index in [4.69, 9.17) is 19.5 Å². The van der Waals surface area contributed by atoms with E-state index in [2.05, 4.69) is 0 Å². The summed E-state index contributed by atoms with van der Waals surface area (Å²) >= 11 is 0. The van der Waals surface area contributed by atoms with Crippen molar-refractivity contribution >= 4 is 5.97 Å². The highest BCUT2D eigenvalue weighted by molar-refractivity contribution is 5.77. The minimum Gasteiger partial charge on any atom is -0.493 e. The number of ether oxygens (including phenoxy) is 3. The Hall–Kier alpha value is -2.22. The van der Waals surface area contributed by atoms with Crippen LogP contribution >= 0.6 is 0 Å². The number of carbonyl (C=O) groups excluding carboxylic acids is 1. The van der Waals surface area contributed by atoms with E-state index in [0.29, 0.717) is 30.1 Å². The van der Waals surface area contributed by atoms with Crippen LogP contribution in [0.4, 0.5) is 0 Å². The van der Waals surface area contributed by atoms with Gasteiger partial charge in [0, 0.05) is 6.42 Å². The van der Waals surface area contributed by atoms with Crippen molar-refractivity contribution in [3.8, 4) is 17.6 Å². The summed E-state index contributed by atoms with van der Waals surface area (Å²) in [6, 6.07) is 6.98. The standard InChI is InChI=1S/C12H11NO4/c1-15-9-4-2-3-8(7-13)11(9)17-10-5-6-16-12(10)14/h2-4,10H,5-6H2,1H3. The minimum absolute atomic E-state index is 0.293. The first-order valence-electron chi connectivity index (χ1n) is 5.16. The van der Waals surface area contributed by atoms with Gasteiger partial charge in [0.05, 0.1) is 19.3 Å². The molecule has 0 aromatic heterocycles. The SMILES string of the molecule is COc1cccc(C#N)c1OC1CCOC1=O. The quantitative estimate of drug-likeness (QED) is 0.735. The molecule has 17 heavy (non-hydrogen) atoms. The van der Waals surface area contributed by atoms with Crippen LogP contribution in [0.3, 0.4) is 0 Å². The molecule has 0 saturated carbocycles. The molecular weight excluding hydrogens is 222 g/mol. The second kappa shape index (κ2) is 4.74. The molecule has 1 fully saturated rings. The van der Waals surface area contributed by atoms with Gasteiger partial charge in [-0.2, -0.15) is 5.26 Å². The van der Waals surface area contributed by atoms with E-state index in [1.54, 1.807) is 18.2 Å². The predicted octanol–water partition coefficient (Wildman–Crippen LogP) is 1.26. The van der Waals surface area contributed by atoms with Gasteiger partial charge in [0.2, 0.25) is 0 Å². The molecule has 0 aliphatic carbocycles. The highest BCUT2D eigenvalue weighted by atomic mass is 16.6. The minimum atomic E-state index is -0.654. The van der Waals surface area contributed by atoms with E-state index in [0.717, 1.165) is 0 Å². The Kier molecular flexibility index (Phi) is 3.15. The number of hydrogen-bond acceptors (Lipinski definition) is 5. The van der Waals surface area contributed by atoms with Gasteiger partial charge in [-0.3, -0.25) is 0 Å². The maximum Gasteiger partial charge on any atom is 0.347 e. The maximum atomic E-state index is 11.3. The van der Waals surface area contributed by atoms with Crippen LogP contribution in [0.5, 0.6) is 11.5 Å². The molecule has 0 amide bonds. The molecule has 1 unspecified atom stereocenters. The van der Waals surface area contributed by atoms with Crippen molar-refractivity contribution in [2.24, 2.45) is 0 Å². The molecule has 1 saturated heterocycles. The van der Waals surface area contributed by atoms with Crippen molar-refractivity contribution in [1.29, 1.82) is 5.26 Å². The van der Waals surface area contributed by atoms with E-state index in [9.17, 15) is 4.79 Å². The summed E-state index contributed by atoms with van der Waals surface area (Å²) in [5.41, 5.74) is 0.337. The van der Waals surface area contributed by atoms with E-state index in [1.165, 1.54) is 7.11 Å². The van der Waals surface area contributed by atoms with Gasteiger partial charge < -0.3 is 14.2 Å². The summed E-state index contributed by atoms with van der Waals surface area (Å²) in [4.78, 5) is 11.3. The third kappa shape index (κ3) is 2.16. The number of cyclic esters (lactones) is 1. The van der Waals surface area contributed by atoms with Crippen LogP contribution in [0.2, 0.25) is 0 Å². The van der Waals surface area contributed by atoms with Crippen molar-refractivity contribution in [3.63, 3.8) is 0 Å². The smallest absolute Gasteiger partial charge is 0.347 e. The molecule has 5 heteroatoms. The molecule has 5 nitrogen and oxygen atoms in total. The Morgan fingerprint density at radius 3 is 2.94 bits per heavy atom. The maximum absolute atomic E-state index is 11.3. The first-order chi connectivity index (χ1) is 8.26. The molecule has 1 heterocycles. The molecule has 0 bridgehead atoms. The summed E-state index contributed by atoms with van der Waals surface area (Å²) < 4.78 is 15.4. The first-order valence-corrected chi connectivity index (χ1v) is 5.16. The third-order valence-corrected chi connectivity index (χ3v) is 2.47. The van der Waals surface area contributed by atoms with Crippen LogP contribution in [-0.2, 0) is 9.53 Å². The topological polar surface area (TPSA) is 68.6 Å². The first kappa shape index (κ1) is 11.3. The van der Waals surface area contributed by atoms with Gasteiger partial charge in [-0.15, -0.1) is 0 Å². The van der Waals surface area contributed by atoms with Gasteiger partial charge in [0.25, 0.3) is 0 Å². The molecule has 1 aromatic carbocycles. The van der Waals surface area contributed by atoms with Crippen LogP contribution in [-0.4, -0.2) is 25.8 Å². The molecule has 0 N–H and O–H groups in total. The molecule has 1 aliphatic heterocycles. The van der Waals surface area contributed by atoms with Gasteiger partial charge in [-0.1, -0.05) is 6.07 Å². The van der Waals surface area contributed by atoms with E-state index in [1.807, 2.05) is 6.07 Å². The van der Waals surface area contributed by atoms with E-state index < -0.39 is 12.1 Å². The zero-order valence-electron chi connectivity index (χ0n) is 9.30. The van der Waals surface area contributed by atoms with Crippen molar-refractivity contribution < 1.29 is 19.0 Å².